The van der Waals surface area contributed by atoms with Gasteiger partial charge in [0.1, 0.15) is 5.82 Å². The fraction of sp³-hybridized carbons (Fsp3) is 0.300. The largest absolute Gasteiger partial charge is 0.469 e. The molecule has 0 spiro atoms. The number of carbonyl (C=O) groups is 2. The Labute approximate surface area is 87.5 Å². The molecule has 1 aromatic heterocycles. The van der Waals surface area contributed by atoms with E-state index in [1.807, 2.05) is 0 Å². The number of hydrogen-bond acceptors (Lipinski definition) is 4. The minimum Gasteiger partial charge on any atom is -0.469 e. The Kier molecular flexibility index (Phi) is 4.28. The number of esters is 1. The van der Waals surface area contributed by atoms with E-state index in [4.69, 9.17) is 0 Å². The number of ether oxygens (including phenoxy) is 1. The van der Waals surface area contributed by atoms with Gasteiger partial charge in [-0.15, -0.1) is 0 Å². The van der Waals surface area contributed by atoms with Crippen LogP contribution in [0, 0.1) is 0 Å². The maximum atomic E-state index is 11.3. The summed E-state index contributed by atoms with van der Waals surface area (Å²) in [6, 6.07) is 5.20. The Balaban J connectivity index is 2.34. The van der Waals surface area contributed by atoms with Crippen LogP contribution < -0.4 is 5.32 Å². The number of carbonyl (C=O) groups excluding carboxylic acids is 2. The molecule has 1 amide bonds. The lowest BCUT2D eigenvalue weighted by atomic mass is 10.3. The molecule has 0 aliphatic rings. The van der Waals surface area contributed by atoms with Crippen molar-refractivity contribution in [1.29, 1.82) is 0 Å². The van der Waals surface area contributed by atoms with Gasteiger partial charge in [-0.2, -0.15) is 0 Å². The van der Waals surface area contributed by atoms with Crippen molar-refractivity contribution < 1.29 is 14.3 Å². The summed E-state index contributed by atoms with van der Waals surface area (Å²) < 4.78 is 4.42. The molecule has 0 saturated heterocycles. The van der Waals surface area contributed by atoms with Gasteiger partial charge in [-0.1, -0.05) is 6.07 Å². The van der Waals surface area contributed by atoms with E-state index in [1.54, 1.807) is 24.4 Å². The molecule has 80 valence electrons. The SMILES string of the molecule is COC(=O)CCC(=O)Nc1ccccn1. The maximum Gasteiger partial charge on any atom is 0.306 e. The first-order chi connectivity index (χ1) is 7.22. The highest BCUT2D eigenvalue weighted by molar-refractivity contribution is 5.91. The Morgan fingerprint density at radius 2 is 2.20 bits per heavy atom. The van der Waals surface area contributed by atoms with Crippen molar-refractivity contribution in [3.8, 4) is 0 Å². The Bertz CT molecular complexity index is 338. The van der Waals surface area contributed by atoms with E-state index < -0.39 is 5.97 Å². The molecule has 0 atom stereocenters. The van der Waals surface area contributed by atoms with E-state index in [0.717, 1.165) is 0 Å². The van der Waals surface area contributed by atoms with E-state index in [1.165, 1.54) is 7.11 Å². The smallest absolute Gasteiger partial charge is 0.306 e. The zero-order valence-electron chi connectivity index (χ0n) is 8.40. The second kappa shape index (κ2) is 5.74. The van der Waals surface area contributed by atoms with Crippen molar-refractivity contribution in [2.75, 3.05) is 12.4 Å². The topological polar surface area (TPSA) is 68.3 Å². The minimum atomic E-state index is -0.397. The molecule has 1 aromatic rings. The molecule has 1 heterocycles. The van der Waals surface area contributed by atoms with Gasteiger partial charge >= 0.3 is 5.97 Å². The first-order valence-corrected chi connectivity index (χ1v) is 4.50. The highest BCUT2D eigenvalue weighted by atomic mass is 16.5. The quantitative estimate of drug-likeness (QED) is 0.749. The van der Waals surface area contributed by atoms with Crippen LogP contribution in [0.1, 0.15) is 12.8 Å². The number of anilines is 1. The summed E-state index contributed by atoms with van der Waals surface area (Å²) in [6.45, 7) is 0. The summed E-state index contributed by atoms with van der Waals surface area (Å²) in [5.41, 5.74) is 0. The molecule has 15 heavy (non-hydrogen) atoms. The lowest BCUT2D eigenvalue weighted by molar-refractivity contribution is -0.141. The fourth-order valence-corrected chi connectivity index (χ4v) is 0.960. The molecule has 0 aliphatic carbocycles. The van der Waals surface area contributed by atoms with Gasteiger partial charge in [0.05, 0.1) is 13.5 Å². The average molecular weight is 208 g/mol. The highest BCUT2D eigenvalue weighted by Gasteiger charge is 2.06. The molecule has 0 radical (unpaired) electrons. The van der Waals surface area contributed by atoms with E-state index in [2.05, 4.69) is 15.0 Å². The van der Waals surface area contributed by atoms with E-state index in [-0.39, 0.29) is 18.7 Å². The first-order valence-electron chi connectivity index (χ1n) is 4.50. The molecular weight excluding hydrogens is 196 g/mol. The van der Waals surface area contributed by atoms with Gasteiger partial charge in [0.25, 0.3) is 0 Å². The van der Waals surface area contributed by atoms with Crippen molar-refractivity contribution in [1.82, 2.24) is 4.98 Å². The van der Waals surface area contributed by atoms with Crippen LogP contribution in [-0.2, 0) is 14.3 Å². The van der Waals surface area contributed by atoms with Crippen LogP contribution in [0.25, 0.3) is 0 Å². The predicted molar refractivity (Wildman–Crippen MR) is 54.1 cm³/mol. The number of methoxy groups -OCH3 is 1. The number of hydrogen-bond donors (Lipinski definition) is 1. The van der Waals surface area contributed by atoms with Crippen LogP contribution in [-0.4, -0.2) is 24.0 Å². The summed E-state index contributed by atoms with van der Waals surface area (Å²) in [7, 11) is 1.29. The predicted octanol–water partition coefficient (Wildman–Crippen LogP) is 0.973. The summed E-state index contributed by atoms with van der Waals surface area (Å²) in [5, 5.41) is 2.56. The van der Waals surface area contributed by atoms with Gasteiger partial charge in [-0.25, -0.2) is 4.98 Å². The van der Waals surface area contributed by atoms with Gasteiger partial charge in [-0.3, -0.25) is 9.59 Å². The molecular formula is C10H12N2O3. The highest BCUT2D eigenvalue weighted by Crippen LogP contribution is 2.01. The zero-order chi connectivity index (χ0) is 11.1. The normalized spacial score (nSPS) is 9.40. The fourth-order valence-electron chi connectivity index (χ4n) is 0.960. The van der Waals surface area contributed by atoms with Crippen LogP contribution in [0.2, 0.25) is 0 Å². The number of nitrogens with one attached hydrogen (secondary N) is 1. The second-order valence-corrected chi connectivity index (χ2v) is 2.84. The van der Waals surface area contributed by atoms with Crippen molar-refractivity contribution in [3.63, 3.8) is 0 Å². The van der Waals surface area contributed by atoms with E-state index >= 15 is 0 Å². The molecule has 5 nitrogen and oxygen atoms in total. The number of rotatable bonds is 4. The lowest BCUT2D eigenvalue weighted by Gasteiger charge is -2.02. The van der Waals surface area contributed by atoms with Crippen molar-refractivity contribution in [2.45, 2.75) is 12.8 Å². The molecule has 0 fully saturated rings. The Morgan fingerprint density at radius 3 is 2.80 bits per heavy atom. The van der Waals surface area contributed by atoms with E-state index in [9.17, 15) is 9.59 Å². The number of amides is 1. The van der Waals surface area contributed by atoms with Gasteiger partial charge in [0.15, 0.2) is 0 Å². The molecule has 0 aromatic carbocycles. The monoisotopic (exact) mass is 208 g/mol. The Morgan fingerprint density at radius 1 is 1.40 bits per heavy atom. The maximum absolute atomic E-state index is 11.3. The molecule has 0 unspecified atom stereocenters. The molecule has 1 N–H and O–H groups in total. The second-order valence-electron chi connectivity index (χ2n) is 2.84. The molecule has 5 heteroatoms. The van der Waals surface area contributed by atoms with Gasteiger partial charge < -0.3 is 10.1 Å². The van der Waals surface area contributed by atoms with Crippen LogP contribution in [0.4, 0.5) is 5.82 Å². The van der Waals surface area contributed by atoms with Crippen molar-refractivity contribution in [3.05, 3.63) is 24.4 Å². The van der Waals surface area contributed by atoms with Crippen molar-refractivity contribution >= 4 is 17.7 Å². The van der Waals surface area contributed by atoms with Crippen molar-refractivity contribution in [2.24, 2.45) is 0 Å². The zero-order valence-corrected chi connectivity index (χ0v) is 8.40. The van der Waals surface area contributed by atoms with Crippen LogP contribution in [0.5, 0.6) is 0 Å². The summed E-state index contributed by atoms with van der Waals surface area (Å²) in [5.74, 6) is -0.169. The van der Waals surface area contributed by atoms with Gasteiger partial charge in [0.2, 0.25) is 5.91 Å². The average Bonchev–Trinajstić information content (AvgIpc) is 2.27. The number of pyridine rings is 1. The minimum absolute atomic E-state index is 0.0785. The van der Waals surface area contributed by atoms with E-state index in [0.29, 0.717) is 5.82 Å². The molecule has 0 bridgehead atoms. The van der Waals surface area contributed by atoms with Gasteiger partial charge in [0, 0.05) is 12.6 Å². The molecule has 0 saturated carbocycles. The van der Waals surface area contributed by atoms with Crippen LogP contribution in [0.15, 0.2) is 24.4 Å². The third-order valence-electron chi connectivity index (χ3n) is 1.72. The third-order valence-corrected chi connectivity index (χ3v) is 1.72. The number of aromatic nitrogens is 1. The summed E-state index contributed by atoms with van der Waals surface area (Å²) in [4.78, 5) is 25.9. The summed E-state index contributed by atoms with van der Waals surface area (Å²) in [6.07, 6.45) is 1.76. The molecule has 1 rings (SSSR count). The van der Waals surface area contributed by atoms with Crippen LogP contribution in [0.3, 0.4) is 0 Å². The standard InChI is InChI=1S/C10H12N2O3/c1-15-10(14)6-5-9(13)12-8-4-2-3-7-11-8/h2-4,7H,5-6H2,1H3,(H,11,12,13). The Hall–Kier alpha value is -1.91. The van der Waals surface area contributed by atoms with Crippen LogP contribution >= 0.6 is 0 Å². The summed E-state index contributed by atoms with van der Waals surface area (Å²) >= 11 is 0. The molecule has 0 aliphatic heterocycles. The van der Waals surface area contributed by atoms with Gasteiger partial charge in [-0.05, 0) is 12.1 Å². The number of nitrogens with zero attached hydrogens (tertiary/aromatic N) is 1. The lowest BCUT2D eigenvalue weighted by Crippen LogP contribution is -2.14. The first kappa shape index (κ1) is 11.2. The third kappa shape index (κ3) is 4.21.